The van der Waals surface area contributed by atoms with Gasteiger partial charge in [0.1, 0.15) is 17.9 Å². The second-order valence-corrected chi connectivity index (χ2v) is 7.97. The zero-order valence-electron chi connectivity index (χ0n) is 16.6. The molecule has 2 heterocycles. The fourth-order valence-electron chi connectivity index (χ4n) is 3.51. The molecule has 5 rings (SSSR count). The van der Waals surface area contributed by atoms with Gasteiger partial charge in [-0.25, -0.2) is 4.98 Å². The van der Waals surface area contributed by atoms with Crippen molar-refractivity contribution in [3.63, 3.8) is 0 Å². The Morgan fingerprint density at radius 2 is 1.90 bits per heavy atom. The van der Waals surface area contributed by atoms with Gasteiger partial charge in [0.2, 0.25) is 11.2 Å². The lowest BCUT2D eigenvalue weighted by molar-refractivity contribution is 0.306. The highest BCUT2D eigenvalue weighted by Gasteiger charge is 2.20. The molecule has 0 aliphatic heterocycles. The Morgan fingerprint density at radius 3 is 2.71 bits per heavy atom. The number of hydrogen-bond acceptors (Lipinski definition) is 7. The van der Waals surface area contributed by atoms with Gasteiger partial charge in [-0.2, -0.15) is 0 Å². The average molecular weight is 430 g/mol. The summed E-state index contributed by atoms with van der Waals surface area (Å²) in [6.45, 7) is 0.438. The summed E-state index contributed by atoms with van der Waals surface area (Å²) in [7, 11) is 1.46. The maximum atomic E-state index is 13.3. The Hall–Kier alpha value is -3.84. The summed E-state index contributed by atoms with van der Waals surface area (Å²) < 4.78 is 18.2. The molecule has 0 radical (unpaired) electrons. The predicted molar refractivity (Wildman–Crippen MR) is 123 cm³/mol. The van der Waals surface area contributed by atoms with Gasteiger partial charge in [0.25, 0.3) is 0 Å². The summed E-state index contributed by atoms with van der Waals surface area (Å²) in [5.41, 5.74) is 8.44. The van der Waals surface area contributed by atoms with Gasteiger partial charge in [0, 0.05) is 5.56 Å². The smallest absolute Gasteiger partial charge is 0.236 e. The van der Waals surface area contributed by atoms with Crippen LogP contribution in [0.3, 0.4) is 0 Å². The van der Waals surface area contributed by atoms with Gasteiger partial charge in [0.05, 0.1) is 22.7 Å². The van der Waals surface area contributed by atoms with E-state index in [0.29, 0.717) is 50.0 Å². The minimum atomic E-state index is -0.261. The van der Waals surface area contributed by atoms with E-state index in [1.165, 1.54) is 18.4 Å². The molecular weight excluding hydrogens is 412 g/mol. The maximum Gasteiger partial charge on any atom is 0.236 e. The Morgan fingerprint density at radius 1 is 1.06 bits per heavy atom. The van der Waals surface area contributed by atoms with Crippen molar-refractivity contribution in [1.82, 2.24) is 4.98 Å². The number of thiazole rings is 1. The molecule has 0 bridgehead atoms. The SMILES string of the molecule is COc1c(-c2cccc(OCc3ccccc3)c2)oc2ccc3nc(N)sc3c2c1=O. The molecule has 5 aromatic rings. The summed E-state index contributed by atoms with van der Waals surface area (Å²) in [5.74, 6) is 1.14. The molecule has 0 aliphatic carbocycles. The van der Waals surface area contributed by atoms with Gasteiger partial charge in [-0.1, -0.05) is 53.8 Å². The van der Waals surface area contributed by atoms with E-state index >= 15 is 0 Å². The molecule has 2 N–H and O–H groups in total. The molecular formula is C24H18N2O4S. The highest BCUT2D eigenvalue weighted by Crippen LogP contribution is 2.36. The Bertz CT molecular complexity index is 1460. The summed E-state index contributed by atoms with van der Waals surface area (Å²) in [6, 6.07) is 20.8. The molecule has 31 heavy (non-hydrogen) atoms. The molecule has 6 nitrogen and oxygen atoms in total. The molecule has 0 unspecified atom stereocenters. The van der Waals surface area contributed by atoms with Crippen molar-refractivity contribution in [2.75, 3.05) is 12.8 Å². The maximum absolute atomic E-state index is 13.3. The summed E-state index contributed by atoms with van der Waals surface area (Å²) in [4.78, 5) is 17.6. The molecule has 0 saturated carbocycles. The minimum Gasteiger partial charge on any atom is -0.490 e. The fourth-order valence-corrected chi connectivity index (χ4v) is 4.37. The number of benzene rings is 3. The van der Waals surface area contributed by atoms with Crippen LogP contribution < -0.4 is 20.6 Å². The van der Waals surface area contributed by atoms with E-state index in [4.69, 9.17) is 19.6 Å². The largest absolute Gasteiger partial charge is 0.490 e. The molecule has 7 heteroatoms. The van der Waals surface area contributed by atoms with E-state index in [1.807, 2.05) is 54.6 Å². The molecule has 0 spiro atoms. The van der Waals surface area contributed by atoms with Gasteiger partial charge in [-0.15, -0.1) is 0 Å². The number of rotatable bonds is 5. The van der Waals surface area contributed by atoms with Gasteiger partial charge in [-0.3, -0.25) is 4.79 Å². The highest BCUT2D eigenvalue weighted by molar-refractivity contribution is 7.23. The highest BCUT2D eigenvalue weighted by atomic mass is 32.1. The first-order valence-corrected chi connectivity index (χ1v) is 10.4. The monoisotopic (exact) mass is 430 g/mol. The number of anilines is 1. The summed E-state index contributed by atoms with van der Waals surface area (Å²) in [5, 5.41) is 0.817. The van der Waals surface area contributed by atoms with E-state index < -0.39 is 0 Å². The standard InChI is InChI=1S/C24H18N2O4S/c1-28-22-20(27)19-18(11-10-17-23(19)31-24(25)26-17)30-21(22)15-8-5-9-16(12-15)29-13-14-6-3-2-4-7-14/h2-12H,13H2,1H3,(H2,25,26). The van der Waals surface area contributed by atoms with Crippen molar-refractivity contribution in [1.29, 1.82) is 0 Å². The van der Waals surface area contributed by atoms with Crippen LogP contribution in [0, 0.1) is 0 Å². The number of nitrogens with zero attached hydrogens (tertiary/aromatic N) is 1. The third kappa shape index (κ3) is 3.49. The quantitative estimate of drug-likeness (QED) is 0.410. The van der Waals surface area contributed by atoms with Crippen LogP contribution in [0.2, 0.25) is 0 Å². The number of ether oxygens (including phenoxy) is 2. The topological polar surface area (TPSA) is 87.6 Å². The summed E-state index contributed by atoms with van der Waals surface area (Å²) >= 11 is 1.25. The Balaban J connectivity index is 1.60. The first-order chi connectivity index (χ1) is 15.1. The normalized spacial score (nSPS) is 11.1. The van der Waals surface area contributed by atoms with Crippen LogP contribution in [-0.2, 0) is 6.61 Å². The predicted octanol–water partition coefficient (Wildman–Crippen LogP) is 5.24. The zero-order chi connectivity index (χ0) is 21.4. The molecule has 0 saturated heterocycles. The average Bonchev–Trinajstić information content (AvgIpc) is 3.18. The van der Waals surface area contributed by atoms with E-state index in [-0.39, 0.29) is 11.2 Å². The van der Waals surface area contributed by atoms with Crippen LogP contribution in [0.5, 0.6) is 11.5 Å². The number of fused-ring (bicyclic) bond motifs is 3. The van der Waals surface area contributed by atoms with Crippen molar-refractivity contribution in [3.05, 3.63) is 82.5 Å². The first kappa shape index (κ1) is 19.1. The van der Waals surface area contributed by atoms with E-state index in [0.717, 1.165) is 5.56 Å². The van der Waals surface area contributed by atoms with Gasteiger partial charge < -0.3 is 19.6 Å². The van der Waals surface area contributed by atoms with Crippen LogP contribution in [0.1, 0.15) is 5.56 Å². The third-order valence-electron chi connectivity index (χ3n) is 4.94. The molecule has 154 valence electrons. The van der Waals surface area contributed by atoms with Crippen LogP contribution >= 0.6 is 11.3 Å². The lowest BCUT2D eigenvalue weighted by Crippen LogP contribution is -2.07. The molecule has 0 amide bonds. The van der Waals surface area contributed by atoms with Crippen molar-refractivity contribution >= 4 is 37.7 Å². The lowest BCUT2D eigenvalue weighted by Gasteiger charge is -2.11. The Labute approximate surface area is 181 Å². The van der Waals surface area contributed by atoms with Crippen LogP contribution in [0.4, 0.5) is 5.13 Å². The van der Waals surface area contributed by atoms with Crippen LogP contribution in [0.15, 0.2) is 75.9 Å². The third-order valence-corrected chi connectivity index (χ3v) is 5.85. The van der Waals surface area contributed by atoms with Gasteiger partial charge in [-0.05, 0) is 29.8 Å². The zero-order valence-corrected chi connectivity index (χ0v) is 17.4. The van der Waals surface area contributed by atoms with Crippen molar-refractivity contribution < 1.29 is 13.9 Å². The van der Waals surface area contributed by atoms with E-state index in [2.05, 4.69) is 4.98 Å². The van der Waals surface area contributed by atoms with Crippen molar-refractivity contribution in [3.8, 4) is 22.8 Å². The lowest BCUT2D eigenvalue weighted by atomic mass is 10.1. The van der Waals surface area contributed by atoms with E-state index in [1.54, 1.807) is 12.1 Å². The number of hydrogen-bond donors (Lipinski definition) is 1. The van der Waals surface area contributed by atoms with Crippen molar-refractivity contribution in [2.45, 2.75) is 6.61 Å². The fraction of sp³-hybridized carbons (Fsp3) is 0.0833. The number of nitrogens with two attached hydrogens (primary N) is 1. The number of methoxy groups -OCH3 is 1. The van der Waals surface area contributed by atoms with Crippen LogP contribution in [-0.4, -0.2) is 12.1 Å². The molecule has 3 aromatic carbocycles. The first-order valence-electron chi connectivity index (χ1n) is 9.61. The second kappa shape index (κ2) is 7.77. The minimum absolute atomic E-state index is 0.132. The van der Waals surface area contributed by atoms with E-state index in [9.17, 15) is 4.79 Å². The van der Waals surface area contributed by atoms with Crippen LogP contribution in [0.25, 0.3) is 32.5 Å². The van der Waals surface area contributed by atoms with Gasteiger partial charge in [0.15, 0.2) is 10.9 Å². The molecule has 2 aromatic heterocycles. The number of nitrogen functional groups attached to an aromatic ring is 1. The molecule has 0 fully saturated rings. The number of aromatic nitrogens is 1. The Kier molecular flexibility index (Phi) is 4.80. The summed E-state index contributed by atoms with van der Waals surface area (Å²) in [6.07, 6.45) is 0. The van der Waals surface area contributed by atoms with Crippen molar-refractivity contribution in [2.24, 2.45) is 0 Å². The van der Waals surface area contributed by atoms with Gasteiger partial charge >= 0.3 is 0 Å². The molecule has 0 atom stereocenters. The second-order valence-electron chi connectivity index (χ2n) is 6.93. The molecule has 0 aliphatic rings.